The molecule has 5 nitrogen and oxygen atoms in total. The molecule has 1 aromatic rings. The van der Waals surface area contributed by atoms with Crippen LogP contribution in [0.5, 0.6) is 0 Å². The molecule has 18 heavy (non-hydrogen) atoms. The lowest BCUT2D eigenvalue weighted by Gasteiger charge is -2.13. The van der Waals surface area contributed by atoms with Gasteiger partial charge >= 0.3 is 5.97 Å². The van der Waals surface area contributed by atoms with Gasteiger partial charge in [0.25, 0.3) is 0 Å². The summed E-state index contributed by atoms with van der Waals surface area (Å²) in [6.45, 7) is -0.554. The molecule has 7 heteroatoms. The van der Waals surface area contributed by atoms with Crippen molar-refractivity contribution in [3.05, 3.63) is 29.8 Å². The summed E-state index contributed by atoms with van der Waals surface area (Å²) in [5, 5.41) is 10.7. The van der Waals surface area contributed by atoms with Gasteiger partial charge in [-0.05, 0) is 19.2 Å². The van der Waals surface area contributed by atoms with Gasteiger partial charge in [0.05, 0.1) is 18.8 Å². The summed E-state index contributed by atoms with van der Waals surface area (Å²) in [5.41, 5.74) is -0.274. The normalized spacial score (nSPS) is 10.4. The summed E-state index contributed by atoms with van der Waals surface area (Å²) in [7, 11) is 1.43. The average Bonchev–Trinajstić information content (AvgIpc) is 2.21. The first kappa shape index (κ1) is 14.0. The van der Waals surface area contributed by atoms with Gasteiger partial charge in [-0.25, -0.2) is 8.78 Å². The van der Waals surface area contributed by atoms with Gasteiger partial charge in [-0.1, -0.05) is 0 Å². The first-order chi connectivity index (χ1) is 8.38. The highest BCUT2D eigenvalue weighted by molar-refractivity contribution is 5.92. The van der Waals surface area contributed by atoms with E-state index in [9.17, 15) is 18.4 Å². The van der Waals surface area contributed by atoms with Crippen LogP contribution in [-0.2, 0) is 9.59 Å². The quantitative estimate of drug-likeness (QED) is 0.824. The average molecular weight is 258 g/mol. The number of carbonyl (C=O) groups is 2. The molecule has 1 aromatic carbocycles. The van der Waals surface area contributed by atoms with Crippen LogP contribution < -0.4 is 5.32 Å². The SMILES string of the molecule is CN(CC(=O)O)CC(=O)Nc1cc(F)ccc1F. The number of nitrogens with zero attached hydrogens (tertiary/aromatic N) is 1. The Hall–Kier alpha value is -2.02. The van der Waals surface area contributed by atoms with Gasteiger partial charge in [0.1, 0.15) is 11.6 Å². The smallest absolute Gasteiger partial charge is 0.317 e. The Morgan fingerprint density at radius 3 is 2.61 bits per heavy atom. The van der Waals surface area contributed by atoms with Gasteiger partial charge in [-0.2, -0.15) is 0 Å². The molecule has 0 spiro atoms. The minimum absolute atomic E-state index is 0.234. The van der Waals surface area contributed by atoms with Crippen LogP contribution in [0.15, 0.2) is 18.2 Å². The van der Waals surface area contributed by atoms with Crippen LogP contribution in [0.3, 0.4) is 0 Å². The van der Waals surface area contributed by atoms with E-state index >= 15 is 0 Å². The number of nitrogens with one attached hydrogen (secondary N) is 1. The van der Waals surface area contributed by atoms with Crippen LogP contribution >= 0.6 is 0 Å². The van der Waals surface area contributed by atoms with Crippen LogP contribution in [0.2, 0.25) is 0 Å². The van der Waals surface area contributed by atoms with Gasteiger partial charge in [-0.3, -0.25) is 14.5 Å². The Morgan fingerprint density at radius 2 is 2.00 bits per heavy atom. The summed E-state index contributed by atoms with van der Waals surface area (Å²) in [5.74, 6) is -3.14. The van der Waals surface area contributed by atoms with E-state index in [2.05, 4.69) is 5.32 Å². The fourth-order valence-corrected chi connectivity index (χ4v) is 1.31. The van der Waals surface area contributed by atoms with E-state index in [0.717, 1.165) is 18.2 Å². The summed E-state index contributed by atoms with van der Waals surface area (Å²) in [6, 6.07) is 2.68. The first-order valence-electron chi connectivity index (χ1n) is 5.03. The van der Waals surface area contributed by atoms with Crippen LogP contribution in [0, 0.1) is 11.6 Å². The number of benzene rings is 1. The minimum atomic E-state index is -1.08. The Kier molecular flexibility index (Phi) is 4.73. The second kappa shape index (κ2) is 6.06. The zero-order valence-electron chi connectivity index (χ0n) is 9.61. The molecule has 0 unspecified atom stereocenters. The Bertz CT molecular complexity index is 466. The molecule has 0 heterocycles. The summed E-state index contributed by atoms with van der Waals surface area (Å²) in [6.07, 6.45) is 0. The zero-order chi connectivity index (χ0) is 13.7. The lowest BCUT2D eigenvalue weighted by Crippen LogP contribution is -2.34. The summed E-state index contributed by atoms with van der Waals surface area (Å²) in [4.78, 5) is 23.0. The van der Waals surface area contributed by atoms with Gasteiger partial charge < -0.3 is 10.4 Å². The molecule has 0 bridgehead atoms. The monoisotopic (exact) mass is 258 g/mol. The molecule has 0 radical (unpaired) electrons. The van der Waals surface area contributed by atoms with Gasteiger partial charge in [-0.15, -0.1) is 0 Å². The van der Waals surface area contributed by atoms with E-state index in [-0.39, 0.29) is 18.8 Å². The highest BCUT2D eigenvalue weighted by atomic mass is 19.1. The number of halogens is 2. The molecule has 0 aliphatic rings. The molecule has 0 saturated heterocycles. The van der Waals surface area contributed by atoms with Crippen molar-refractivity contribution in [2.24, 2.45) is 0 Å². The van der Waals surface area contributed by atoms with Crippen LogP contribution in [-0.4, -0.2) is 42.0 Å². The molecule has 0 saturated carbocycles. The second-order valence-electron chi connectivity index (χ2n) is 3.74. The number of carboxylic acid groups (broad SMARTS) is 1. The Balaban J connectivity index is 2.59. The zero-order valence-corrected chi connectivity index (χ0v) is 9.61. The molecule has 0 atom stereocenters. The number of rotatable bonds is 5. The van der Waals surface area contributed by atoms with E-state index in [4.69, 9.17) is 5.11 Å². The molecule has 0 aromatic heterocycles. The van der Waals surface area contributed by atoms with Gasteiger partial charge in [0.2, 0.25) is 5.91 Å². The number of likely N-dealkylation sites (N-methyl/N-ethyl adjacent to an activating group) is 1. The maximum atomic E-state index is 13.2. The third-order valence-electron chi connectivity index (χ3n) is 2.02. The summed E-state index contributed by atoms with van der Waals surface area (Å²) < 4.78 is 26.0. The van der Waals surface area contributed by atoms with E-state index in [0.29, 0.717) is 0 Å². The van der Waals surface area contributed by atoms with Crippen molar-refractivity contribution >= 4 is 17.6 Å². The van der Waals surface area contributed by atoms with E-state index in [1.54, 1.807) is 0 Å². The molecule has 98 valence electrons. The molecular weight excluding hydrogens is 246 g/mol. The topological polar surface area (TPSA) is 69.6 Å². The van der Waals surface area contributed by atoms with Crippen molar-refractivity contribution in [1.82, 2.24) is 4.90 Å². The fraction of sp³-hybridized carbons (Fsp3) is 0.273. The molecule has 1 rings (SSSR count). The number of hydrogen-bond acceptors (Lipinski definition) is 3. The Labute approximate surface area is 102 Å². The minimum Gasteiger partial charge on any atom is -0.480 e. The van der Waals surface area contributed by atoms with Crippen molar-refractivity contribution in [3.63, 3.8) is 0 Å². The number of hydrogen-bond donors (Lipinski definition) is 2. The molecular formula is C11H12F2N2O3. The van der Waals surface area contributed by atoms with Crippen molar-refractivity contribution < 1.29 is 23.5 Å². The standard InChI is InChI=1S/C11H12F2N2O3/c1-15(6-11(17)18)5-10(16)14-9-4-7(12)2-3-8(9)13/h2-4H,5-6H2,1H3,(H,14,16)(H,17,18). The number of anilines is 1. The van der Waals surface area contributed by atoms with E-state index in [1.807, 2.05) is 0 Å². The Morgan fingerprint density at radius 1 is 1.33 bits per heavy atom. The number of amides is 1. The first-order valence-corrected chi connectivity index (χ1v) is 5.03. The van der Waals surface area contributed by atoms with E-state index in [1.165, 1.54) is 11.9 Å². The van der Waals surface area contributed by atoms with E-state index < -0.39 is 23.5 Å². The predicted octanol–water partition coefficient (Wildman–Crippen LogP) is 0.920. The highest BCUT2D eigenvalue weighted by Gasteiger charge is 2.12. The molecule has 0 aliphatic carbocycles. The number of aliphatic carboxylic acids is 1. The van der Waals surface area contributed by atoms with Crippen molar-refractivity contribution in [2.75, 3.05) is 25.5 Å². The number of carbonyl (C=O) groups excluding carboxylic acids is 1. The van der Waals surface area contributed by atoms with Gasteiger partial charge in [0, 0.05) is 6.07 Å². The van der Waals surface area contributed by atoms with Crippen LogP contribution in [0.1, 0.15) is 0 Å². The van der Waals surface area contributed by atoms with Gasteiger partial charge in [0.15, 0.2) is 0 Å². The lowest BCUT2D eigenvalue weighted by molar-refractivity contribution is -0.138. The van der Waals surface area contributed by atoms with Crippen LogP contribution in [0.4, 0.5) is 14.5 Å². The molecule has 0 fully saturated rings. The number of carboxylic acids is 1. The molecule has 2 N–H and O–H groups in total. The molecule has 1 amide bonds. The third kappa shape index (κ3) is 4.46. The van der Waals surface area contributed by atoms with Crippen molar-refractivity contribution in [1.29, 1.82) is 0 Å². The summed E-state index contributed by atoms with van der Waals surface area (Å²) >= 11 is 0. The third-order valence-corrected chi connectivity index (χ3v) is 2.02. The molecule has 0 aliphatic heterocycles. The highest BCUT2D eigenvalue weighted by Crippen LogP contribution is 2.14. The largest absolute Gasteiger partial charge is 0.480 e. The maximum Gasteiger partial charge on any atom is 0.317 e. The fourth-order valence-electron chi connectivity index (χ4n) is 1.31. The maximum absolute atomic E-state index is 13.2. The van der Waals surface area contributed by atoms with Crippen molar-refractivity contribution in [2.45, 2.75) is 0 Å². The van der Waals surface area contributed by atoms with Crippen molar-refractivity contribution in [3.8, 4) is 0 Å². The lowest BCUT2D eigenvalue weighted by atomic mass is 10.3. The predicted molar refractivity (Wildman–Crippen MR) is 60.1 cm³/mol. The van der Waals surface area contributed by atoms with Crippen LogP contribution in [0.25, 0.3) is 0 Å². The second-order valence-corrected chi connectivity index (χ2v) is 3.74.